The van der Waals surface area contributed by atoms with E-state index in [1.165, 1.54) is 0 Å². The van der Waals surface area contributed by atoms with Crippen LogP contribution in [0.25, 0.3) is 0 Å². The number of aliphatic hydroxyl groups is 1. The van der Waals surface area contributed by atoms with Crippen LogP contribution in [0, 0.1) is 0 Å². The van der Waals surface area contributed by atoms with Crippen molar-refractivity contribution in [2.45, 2.75) is 52.2 Å². The van der Waals surface area contributed by atoms with Crippen LogP contribution in [-0.2, 0) is 4.74 Å². The standard InChI is InChI=1S/C12H26N2O3/c1-10(13)6-8-14(7-5-9-15)11(16)17-12(2,3)4/h10,15H,5-9,13H2,1-4H3/t10-/m0/s1. The number of carbonyl (C=O) groups excluding carboxylic acids is 1. The van der Waals surface area contributed by atoms with Crippen LogP contribution in [0.5, 0.6) is 0 Å². The summed E-state index contributed by atoms with van der Waals surface area (Å²) in [6.45, 7) is 8.53. The van der Waals surface area contributed by atoms with Crippen molar-refractivity contribution >= 4 is 6.09 Å². The predicted molar refractivity (Wildman–Crippen MR) is 67.8 cm³/mol. The molecule has 0 bridgehead atoms. The van der Waals surface area contributed by atoms with Gasteiger partial charge in [-0.05, 0) is 40.5 Å². The minimum absolute atomic E-state index is 0.0501. The maximum absolute atomic E-state index is 11.9. The number of carbonyl (C=O) groups is 1. The van der Waals surface area contributed by atoms with Crippen LogP contribution in [0.2, 0.25) is 0 Å². The highest BCUT2D eigenvalue weighted by molar-refractivity contribution is 5.68. The zero-order valence-electron chi connectivity index (χ0n) is 11.4. The molecule has 0 aromatic heterocycles. The van der Waals surface area contributed by atoms with Crippen LogP contribution < -0.4 is 5.73 Å². The Morgan fingerprint density at radius 3 is 2.41 bits per heavy atom. The van der Waals surface area contributed by atoms with E-state index in [9.17, 15) is 4.79 Å². The van der Waals surface area contributed by atoms with Crippen molar-refractivity contribution in [3.8, 4) is 0 Å². The first-order valence-electron chi connectivity index (χ1n) is 6.10. The molecule has 0 saturated heterocycles. The predicted octanol–water partition coefficient (Wildman–Crippen LogP) is 1.34. The summed E-state index contributed by atoms with van der Waals surface area (Å²) in [6.07, 6.45) is 0.940. The molecule has 0 unspecified atom stereocenters. The average molecular weight is 246 g/mol. The second-order valence-corrected chi connectivity index (χ2v) is 5.31. The van der Waals surface area contributed by atoms with Gasteiger partial charge in [0.05, 0.1) is 0 Å². The number of ether oxygens (including phenoxy) is 1. The minimum Gasteiger partial charge on any atom is -0.444 e. The summed E-state index contributed by atoms with van der Waals surface area (Å²) in [5.74, 6) is 0. The fraction of sp³-hybridized carbons (Fsp3) is 0.917. The Kier molecular flexibility index (Phi) is 7.15. The molecule has 0 aromatic carbocycles. The van der Waals surface area contributed by atoms with Gasteiger partial charge in [-0.25, -0.2) is 4.79 Å². The third-order valence-electron chi connectivity index (χ3n) is 2.09. The zero-order valence-corrected chi connectivity index (χ0v) is 11.4. The van der Waals surface area contributed by atoms with Crippen LogP contribution in [0.1, 0.15) is 40.5 Å². The second kappa shape index (κ2) is 7.50. The molecule has 17 heavy (non-hydrogen) atoms. The Labute approximate surface area is 104 Å². The number of nitrogens with zero attached hydrogens (tertiary/aromatic N) is 1. The van der Waals surface area contributed by atoms with Gasteiger partial charge in [-0.3, -0.25) is 0 Å². The fourth-order valence-electron chi connectivity index (χ4n) is 1.24. The van der Waals surface area contributed by atoms with Crippen LogP contribution >= 0.6 is 0 Å². The Bertz CT molecular complexity index is 224. The number of hydrogen-bond donors (Lipinski definition) is 2. The van der Waals surface area contributed by atoms with Gasteiger partial charge in [0, 0.05) is 25.7 Å². The van der Waals surface area contributed by atoms with Gasteiger partial charge in [0.1, 0.15) is 5.60 Å². The molecule has 1 atom stereocenters. The summed E-state index contributed by atoms with van der Waals surface area (Å²) in [6, 6.07) is 0.0501. The lowest BCUT2D eigenvalue weighted by molar-refractivity contribution is 0.0236. The van der Waals surface area contributed by atoms with Crippen molar-refractivity contribution in [2.24, 2.45) is 5.73 Å². The molecule has 0 spiro atoms. The summed E-state index contributed by atoms with van der Waals surface area (Å²) < 4.78 is 5.29. The Hall–Kier alpha value is -0.810. The van der Waals surface area contributed by atoms with E-state index < -0.39 is 5.60 Å². The zero-order chi connectivity index (χ0) is 13.5. The van der Waals surface area contributed by atoms with Crippen molar-refractivity contribution in [2.75, 3.05) is 19.7 Å². The first-order chi connectivity index (χ1) is 7.76. The van der Waals surface area contributed by atoms with Gasteiger partial charge >= 0.3 is 6.09 Å². The van der Waals surface area contributed by atoms with E-state index in [2.05, 4.69) is 0 Å². The number of rotatable bonds is 6. The molecule has 0 saturated carbocycles. The summed E-state index contributed by atoms with van der Waals surface area (Å²) >= 11 is 0. The Morgan fingerprint density at radius 2 is 2.00 bits per heavy atom. The van der Waals surface area contributed by atoms with Gasteiger partial charge in [0.15, 0.2) is 0 Å². The van der Waals surface area contributed by atoms with Crippen molar-refractivity contribution in [3.63, 3.8) is 0 Å². The fourth-order valence-corrected chi connectivity index (χ4v) is 1.24. The molecule has 0 rings (SSSR count). The van der Waals surface area contributed by atoms with Crippen LogP contribution in [0.15, 0.2) is 0 Å². The summed E-state index contributed by atoms with van der Waals surface area (Å²) in [5.41, 5.74) is 5.17. The van der Waals surface area contributed by atoms with Gasteiger partial charge in [0.2, 0.25) is 0 Å². The maximum atomic E-state index is 11.9. The monoisotopic (exact) mass is 246 g/mol. The van der Waals surface area contributed by atoms with Gasteiger partial charge < -0.3 is 20.5 Å². The number of hydrogen-bond acceptors (Lipinski definition) is 4. The average Bonchev–Trinajstić information content (AvgIpc) is 2.14. The van der Waals surface area contributed by atoms with Crippen LogP contribution in [0.3, 0.4) is 0 Å². The number of aliphatic hydroxyl groups excluding tert-OH is 1. The molecule has 5 heteroatoms. The van der Waals surface area contributed by atoms with E-state index in [1.54, 1.807) is 4.90 Å². The minimum atomic E-state index is -0.497. The molecule has 1 amide bonds. The van der Waals surface area contributed by atoms with Crippen molar-refractivity contribution in [3.05, 3.63) is 0 Å². The van der Waals surface area contributed by atoms with Gasteiger partial charge in [0.25, 0.3) is 0 Å². The second-order valence-electron chi connectivity index (χ2n) is 5.31. The highest BCUT2D eigenvalue weighted by Crippen LogP contribution is 2.10. The largest absolute Gasteiger partial charge is 0.444 e. The molecule has 0 heterocycles. The van der Waals surface area contributed by atoms with Crippen LogP contribution in [0.4, 0.5) is 4.79 Å². The van der Waals surface area contributed by atoms with E-state index in [0.717, 1.165) is 6.42 Å². The first-order valence-corrected chi connectivity index (χ1v) is 6.10. The smallest absolute Gasteiger partial charge is 0.410 e. The molecule has 0 fully saturated rings. The van der Waals surface area contributed by atoms with Crippen molar-refractivity contribution < 1.29 is 14.6 Å². The Morgan fingerprint density at radius 1 is 1.41 bits per heavy atom. The molecule has 0 aliphatic heterocycles. The summed E-state index contributed by atoms with van der Waals surface area (Å²) in [4.78, 5) is 13.5. The molecule has 0 aliphatic rings. The summed E-state index contributed by atoms with van der Waals surface area (Å²) in [5, 5.41) is 8.80. The van der Waals surface area contributed by atoms with E-state index >= 15 is 0 Å². The van der Waals surface area contributed by atoms with Crippen molar-refractivity contribution in [1.82, 2.24) is 4.90 Å². The third kappa shape index (κ3) is 8.94. The Balaban J connectivity index is 4.29. The first kappa shape index (κ1) is 16.2. The topological polar surface area (TPSA) is 75.8 Å². The number of amides is 1. The summed E-state index contributed by atoms with van der Waals surface area (Å²) in [7, 11) is 0. The van der Waals surface area contributed by atoms with E-state index in [1.807, 2.05) is 27.7 Å². The molecule has 0 aliphatic carbocycles. The maximum Gasteiger partial charge on any atom is 0.410 e. The quantitative estimate of drug-likeness (QED) is 0.741. The van der Waals surface area contributed by atoms with E-state index in [0.29, 0.717) is 19.5 Å². The van der Waals surface area contributed by atoms with Crippen molar-refractivity contribution in [1.29, 1.82) is 0 Å². The normalized spacial score (nSPS) is 13.3. The molecule has 3 N–H and O–H groups in total. The van der Waals surface area contributed by atoms with Crippen LogP contribution in [-0.4, -0.2) is 47.4 Å². The highest BCUT2D eigenvalue weighted by Gasteiger charge is 2.21. The third-order valence-corrected chi connectivity index (χ3v) is 2.09. The number of nitrogens with two attached hydrogens (primary N) is 1. The molecule has 0 radical (unpaired) electrons. The van der Waals surface area contributed by atoms with Gasteiger partial charge in [-0.2, -0.15) is 0 Å². The lowest BCUT2D eigenvalue weighted by Gasteiger charge is -2.27. The van der Waals surface area contributed by atoms with Gasteiger partial charge in [-0.15, -0.1) is 0 Å². The SMILES string of the molecule is C[C@H](N)CCN(CCCO)C(=O)OC(C)(C)C. The highest BCUT2D eigenvalue weighted by atomic mass is 16.6. The van der Waals surface area contributed by atoms with E-state index in [-0.39, 0.29) is 18.7 Å². The molecule has 0 aromatic rings. The molecular weight excluding hydrogens is 220 g/mol. The van der Waals surface area contributed by atoms with Gasteiger partial charge in [-0.1, -0.05) is 0 Å². The molecular formula is C12H26N2O3. The molecule has 5 nitrogen and oxygen atoms in total. The lowest BCUT2D eigenvalue weighted by Crippen LogP contribution is -2.39. The van der Waals surface area contributed by atoms with E-state index in [4.69, 9.17) is 15.6 Å². The molecule has 102 valence electrons. The lowest BCUT2D eigenvalue weighted by atomic mass is 10.2.